The summed E-state index contributed by atoms with van der Waals surface area (Å²) >= 11 is 8.94. The SMILES string of the molecule is Cc1ccccc1-n1c(SCC(=O)c2ccc(Cl)cc2)nc2sc3c(c2c1=O)CC[C@H](C(C)(C)C)C3. The summed E-state index contributed by atoms with van der Waals surface area (Å²) in [6.45, 7) is 8.89. The number of carbonyl (C=O) groups is 1. The molecule has 36 heavy (non-hydrogen) atoms. The second-order valence-electron chi connectivity index (χ2n) is 10.5. The van der Waals surface area contributed by atoms with E-state index in [9.17, 15) is 9.59 Å². The standard InChI is InChI=1S/C29H29ClN2O2S2/c1-17-7-5-6-8-22(17)32-27(34)25-21-14-11-19(29(2,3)4)15-24(21)36-26(25)31-28(32)35-16-23(33)18-9-12-20(30)13-10-18/h5-10,12-13,19H,11,14-16H2,1-4H3/t19-/m0/s1. The Kier molecular flexibility index (Phi) is 6.88. The van der Waals surface area contributed by atoms with Crippen LogP contribution in [0.2, 0.25) is 5.02 Å². The molecule has 1 aliphatic rings. The van der Waals surface area contributed by atoms with E-state index in [4.69, 9.17) is 16.6 Å². The van der Waals surface area contributed by atoms with E-state index in [1.807, 2.05) is 31.2 Å². The van der Waals surface area contributed by atoms with E-state index >= 15 is 0 Å². The first-order valence-corrected chi connectivity index (χ1v) is 14.4. The monoisotopic (exact) mass is 536 g/mol. The number of nitrogens with zero attached hydrogens (tertiary/aromatic N) is 2. The highest BCUT2D eigenvalue weighted by Gasteiger charge is 2.32. The smallest absolute Gasteiger partial charge is 0.267 e. The van der Waals surface area contributed by atoms with Crippen molar-refractivity contribution in [3.63, 3.8) is 0 Å². The zero-order valence-corrected chi connectivity index (χ0v) is 23.3. The highest BCUT2D eigenvalue weighted by Crippen LogP contribution is 2.42. The van der Waals surface area contributed by atoms with E-state index in [0.29, 0.717) is 21.7 Å². The molecule has 0 saturated carbocycles. The van der Waals surface area contributed by atoms with Crippen molar-refractivity contribution in [1.29, 1.82) is 0 Å². The van der Waals surface area contributed by atoms with Crippen molar-refractivity contribution in [2.75, 3.05) is 5.75 Å². The maximum atomic E-state index is 14.1. The fraction of sp³-hybridized carbons (Fsp3) is 0.345. The van der Waals surface area contributed by atoms with E-state index < -0.39 is 0 Å². The molecule has 0 unspecified atom stereocenters. The minimum Gasteiger partial charge on any atom is -0.293 e. The van der Waals surface area contributed by atoms with Crippen molar-refractivity contribution in [1.82, 2.24) is 9.55 Å². The molecule has 4 nitrogen and oxygen atoms in total. The van der Waals surface area contributed by atoms with Gasteiger partial charge in [0.05, 0.1) is 16.8 Å². The van der Waals surface area contributed by atoms with E-state index in [0.717, 1.165) is 40.7 Å². The summed E-state index contributed by atoms with van der Waals surface area (Å²) in [5, 5.41) is 1.89. The lowest BCUT2D eigenvalue weighted by molar-refractivity contribution is 0.102. The number of carbonyl (C=O) groups excluding carboxylic acids is 1. The number of hydrogen-bond donors (Lipinski definition) is 0. The van der Waals surface area contributed by atoms with E-state index in [1.165, 1.54) is 22.2 Å². The predicted octanol–water partition coefficient (Wildman–Crippen LogP) is 7.54. The summed E-state index contributed by atoms with van der Waals surface area (Å²) in [6.07, 6.45) is 2.98. The Morgan fingerprint density at radius 1 is 1.17 bits per heavy atom. The zero-order chi connectivity index (χ0) is 25.6. The molecule has 0 spiro atoms. The highest BCUT2D eigenvalue weighted by atomic mass is 35.5. The van der Waals surface area contributed by atoms with Crippen LogP contribution in [0.4, 0.5) is 0 Å². The number of para-hydroxylation sites is 1. The van der Waals surface area contributed by atoms with Crippen molar-refractivity contribution in [3.05, 3.63) is 85.5 Å². The van der Waals surface area contributed by atoms with E-state index in [2.05, 4.69) is 20.8 Å². The first-order chi connectivity index (χ1) is 17.1. The van der Waals surface area contributed by atoms with Crippen LogP contribution in [0.25, 0.3) is 15.9 Å². The van der Waals surface area contributed by atoms with Gasteiger partial charge in [0.1, 0.15) is 4.83 Å². The van der Waals surface area contributed by atoms with Crippen LogP contribution in [0.5, 0.6) is 0 Å². The first kappa shape index (κ1) is 25.2. The molecule has 0 bridgehead atoms. The molecule has 2 aromatic heterocycles. The second-order valence-corrected chi connectivity index (χ2v) is 13.0. The van der Waals surface area contributed by atoms with Gasteiger partial charge in [-0.15, -0.1) is 11.3 Å². The number of rotatable bonds is 5. The van der Waals surface area contributed by atoms with Crippen molar-refractivity contribution in [2.24, 2.45) is 11.3 Å². The van der Waals surface area contributed by atoms with Crippen LogP contribution in [0.15, 0.2) is 58.5 Å². The number of aromatic nitrogens is 2. The molecule has 0 radical (unpaired) electrons. The van der Waals surface area contributed by atoms with Gasteiger partial charge in [-0.25, -0.2) is 4.98 Å². The molecule has 7 heteroatoms. The van der Waals surface area contributed by atoms with Gasteiger partial charge < -0.3 is 0 Å². The first-order valence-electron chi connectivity index (χ1n) is 12.2. The Bertz CT molecular complexity index is 1510. The summed E-state index contributed by atoms with van der Waals surface area (Å²) in [7, 11) is 0. The fourth-order valence-corrected chi connectivity index (χ4v) is 7.29. The highest BCUT2D eigenvalue weighted by molar-refractivity contribution is 7.99. The molecule has 186 valence electrons. The summed E-state index contributed by atoms with van der Waals surface area (Å²) < 4.78 is 1.71. The maximum Gasteiger partial charge on any atom is 0.267 e. The number of hydrogen-bond acceptors (Lipinski definition) is 5. The number of thiophene rings is 1. The number of halogens is 1. The number of ketones is 1. The Hall–Kier alpha value is -2.41. The minimum absolute atomic E-state index is 0.0270. The molecule has 0 aliphatic heterocycles. The Labute approximate surface area is 224 Å². The predicted molar refractivity (Wildman–Crippen MR) is 151 cm³/mol. The van der Waals surface area contributed by atoms with Gasteiger partial charge in [-0.1, -0.05) is 62.3 Å². The maximum absolute atomic E-state index is 14.1. The van der Waals surface area contributed by atoms with Crippen LogP contribution in [0.3, 0.4) is 0 Å². The van der Waals surface area contributed by atoms with Crippen LogP contribution in [0.1, 0.15) is 53.6 Å². The normalized spacial score (nSPS) is 15.8. The van der Waals surface area contributed by atoms with Gasteiger partial charge in [0.15, 0.2) is 10.9 Å². The third-order valence-electron chi connectivity index (χ3n) is 7.13. The molecular weight excluding hydrogens is 508 g/mol. The summed E-state index contributed by atoms with van der Waals surface area (Å²) in [5.41, 5.74) is 3.75. The summed E-state index contributed by atoms with van der Waals surface area (Å²) in [5.74, 6) is 0.742. The van der Waals surface area contributed by atoms with Gasteiger partial charge in [-0.2, -0.15) is 0 Å². The number of Topliss-reactive ketones (excluding diaryl/α,β-unsaturated/α-hetero) is 1. The molecule has 1 atom stereocenters. The Morgan fingerprint density at radius 3 is 2.58 bits per heavy atom. The quantitative estimate of drug-likeness (QED) is 0.150. The number of thioether (sulfide) groups is 1. The molecule has 0 fully saturated rings. The Balaban J connectivity index is 1.60. The number of aryl methyl sites for hydroxylation is 2. The lowest BCUT2D eigenvalue weighted by atomic mass is 9.72. The summed E-state index contributed by atoms with van der Waals surface area (Å²) in [4.78, 5) is 34.1. The van der Waals surface area contributed by atoms with Gasteiger partial charge in [0, 0.05) is 15.5 Å². The fourth-order valence-electron chi connectivity index (χ4n) is 4.92. The van der Waals surface area contributed by atoms with Crippen LogP contribution in [0, 0.1) is 18.3 Å². The molecule has 0 saturated heterocycles. The average molecular weight is 537 g/mol. The molecule has 2 heterocycles. The molecule has 1 aliphatic carbocycles. The number of benzene rings is 2. The largest absolute Gasteiger partial charge is 0.293 e. The van der Waals surface area contributed by atoms with Crippen molar-refractivity contribution in [2.45, 2.75) is 52.1 Å². The second kappa shape index (κ2) is 9.81. The van der Waals surface area contributed by atoms with Gasteiger partial charge in [-0.3, -0.25) is 14.2 Å². The Morgan fingerprint density at radius 2 is 1.89 bits per heavy atom. The molecule has 5 rings (SSSR count). The van der Waals surface area contributed by atoms with Crippen molar-refractivity contribution < 1.29 is 4.79 Å². The third-order valence-corrected chi connectivity index (χ3v) is 9.47. The average Bonchev–Trinajstić information content (AvgIpc) is 3.21. The van der Waals surface area contributed by atoms with Gasteiger partial charge in [-0.05, 0) is 79.0 Å². The molecule has 2 aromatic carbocycles. The topological polar surface area (TPSA) is 52.0 Å². The van der Waals surface area contributed by atoms with Crippen LogP contribution < -0.4 is 5.56 Å². The number of fused-ring (bicyclic) bond motifs is 3. The van der Waals surface area contributed by atoms with Crippen LogP contribution in [-0.2, 0) is 12.8 Å². The third kappa shape index (κ3) is 4.79. The van der Waals surface area contributed by atoms with Crippen molar-refractivity contribution in [3.8, 4) is 5.69 Å². The van der Waals surface area contributed by atoms with E-state index in [1.54, 1.807) is 40.2 Å². The van der Waals surface area contributed by atoms with Gasteiger partial charge in [0.2, 0.25) is 0 Å². The minimum atomic E-state index is -0.0394. The molecule has 0 N–H and O–H groups in total. The molecular formula is C29H29ClN2O2S2. The lowest BCUT2D eigenvalue weighted by Gasteiger charge is -2.33. The van der Waals surface area contributed by atoms with E-state index in [-0.39, 0.29) is 22.5 Å². The summed E-state index contributed by atoms with van der Waals surface area (Å²) in [6, 6.07) is 14.7. The van der Waals surface area contributed by atoms with Gasteiger partial charge >= 0.3 is 0 Å². The molecule has 4 aromatic rings. The lowest BCUT2D eigenvalue weighted by Crippen LogP contribution is -2.27. The van der Waals surface area contributed by atoms with Gasteiger partial charge in [0.25, 0.3) is 5.56 Å². The zero-order valence-electron chi connectivity index (χ0n) is 20.9. The molecule has 0 amide bonds. The van der Waals surface area contributed by atoms with Crippen LogP contribution >= 0.6 is 34.7 Å². The van der Waals surface area contributed by atoms with Crippen molar-refractivity contribution >= 4 is 50.7 Å². The van der Waals surface area contributed by atoms with Crippen LogP contribution in [-0.4, -0.2) is 21.1 Å².